The molecular formula is C26H36O6. The van der Waals surface area contributed by atoms with Crippen LogP contribution in [-0.4, -0.2) is 35.7 Å². The summed E-state index contributed by atoms with van der Waals surface area (Å²) in [6.45, 7) is 7.11. The van der Waals surface area contributed by atoms with E-state index < -0.39 is 17.0 Å². The number of ether oxygens (including phenoxy) is 2. The SMILES string of the molecule is CCC(=O)O[C@]1(C(=O)COC(C)=O)CCC2C3CCC4=CC(=O)CC[C@]4(C)C3CC[C@@]21C. The quantitative estimate of drug-likeness (QED) is 0.586. The van der Waals surface area contributed by atoms with E-state index in [0.717, 1.165) is 38.5 Å². The van der Waals surface area contributed by atoms with Crippen molar-refractivity contribution in [3.63, 3.8) is 0 Å². The van der Waals surface area contributed by atoms with Gasteiger partial charge in [0.2, 0.25) is 5.78 Å². The van der Waals surface area contributed by atoms with Gasteiger partial charge in [-0.25, -0.2) is 0 Å². The number of hydrogen-bond acceptors (Lipinski definition) is 6. The molecule has 0 aromatic rings. The highest BCUT2D eigenvalue weighted by atomic mass is 16.6. The van der Waals surface area contributed by atoms with Crippen LogP contribution in [0.5, 0.6) is 0 Å². The minimum atomic E-state index is -1.23. The van der Waals surface area contributed by atoms with Crippen molar-refractivity contribution in [1.29, 1.82) is 0 Å². The standard InChI is InChI=1S/C26H36O6/c1-5-23(30)32-26(22(29)15-31-16(2)27)13-10-21-19-7-6-17-14-18(28)8-11-24(17,3)20(19)9-12-25(21,26)4/h14,19-21H,5-13,15H2,1-4H3/t19?,20?,21?,24-,25-,26-/m0/s1. The minimum Gasteiger partial charge on any atom is -0.458 e. The third-order valence-corrected chi connectivity index (χ3v) is 9.52. The number of ketones is 2. The molecule has 0 aliphatic heterocycles. The van der Waals surface area contributed by atoms with E-state index in [1.54, 1.807) is 6.92 Å². The second-order valence-corrected chi connectivity index (χ2v) is 10.8. The molecule has 4 aliphatic carbocycles. The van der Waals surface area contributed by atoms with Gasteiger partial charge in [0.05, 0.1) is 0 Å². The van der Waals surface area contributed by atoms with Gasteiger partial charge in [0.25, 0.3) is 0 Å². The summed E-state index contributed by atoms with van der Waals surface area (Å²) in [6, 6.07) is 0. The molecule has 3 saturated carbocycles. The Balaban J connectivity index is 1.67. The Morgan fingerprint density at radius 1 is 1.03 bits per heavy atom. The van der Waals surface area contributed by atoms with Crippen molar-refractivity contribution in [2.45, 2.75) is 91.1 Å². The number of Topliss-reactive ketones (excluding diaryl/α,β-unsaturated/α-hetero) is 1. The second-order valence-electron chi connectivity index (χ2n) is 10.8. The molecule has 0 bridgehead atoms. The third-order valence-electron chi connectivity index (χ3n) is 9.52. The highest BCUT2D eigenvalue weighted by Gasteiger charge is 2.68. The molecule has 0 N–H and O–H groups in total. The Morgan fingerprint density at radius 3 is 2.44 bits per heavy atom. The van der Waals surface area contributed by atoms with E-state index >= 15 is 0 Å². The Morgan fingerprint density at radius 2 is 1.75 bits per heavy atom. The van der Waals surface area contributed by atoms with E-state index in [1.807, 2.05) is 6.08 Å². The summed E-state index contributed by atoms with van der Waals surface area (Å²) in [5.74, 6) is 0.260. The molecular weight excluding hydrogens is 408 g/mol. The fraction of sp³-hybridized carbons (Fsp3) is 0.769. The van der Waals surface area contributed by atoms with E-state index in [9.17, 15) is 19.2 Å². The van der Waals surface area contributed by atoms with Crippen LogP contribution < -0.4 is 0 Å². The van der Waals surface area contributed by atoms with E-state index in [4.69, 9.17) is 9.47 Å². The van der Waals surface area contributed by atoms with Gasteiger partial charge in [0.1, 0.15) is 0 Å². The zero-order chi connectivity index (χ0) is 23.3. The molecule has 3 unspecified atom stereocenters. The molecule has 32 heavy (non-hydrogen) atoms. The molecule has 0 saturated heterocycles. The van der Waals surface area contributed by atoms with E-state index in [1.165, 1.54) is 12.5 Å². The first-order valence-corrected chi connectivity index (χ1v) is 12.2. The highest BCUT2D eigenvalue weighted by Crippen LogP contribution is 2.68. The summed E-state index contributed by atoms with van der Waals surface area (Å²) in [5.41, 5.74) is -0.347. The molecule has 0 radical (unpaired) electrons. The van der Waals surface area contributed by atoms with Crippen LogP contribution in [0.1, 0.15) is 85.5 Å². The van der Waals surface area contributed by atoms with Crippen molar-refractivity contribution in [2.75, 3.05) is 6.61 Å². The Kier molecular flexibility index (Phi) is 5.87. The first-order valence-electron chi connectivity index (χ1n) is 12.2. The molecule has 6 atom stereocenters. The molecule has 0 aromatic heterocycles. The van der Waals surface area contributed by atoms with E-state index in [0.29, 0.717) is 24.7 Å². The number of carbonyl (C=O) groups excluding carboxylic acids is 4. The van der Waals surface area contributed by atoms with Crippen LogP contribution in [0.15, 0.2) is 11.6 Å². The average Bonchev–Trinajstić information content (AvgIpc) is 3.05. The maximum atomic E-state index is 13.5. The maximum Gasteiger partial charge on any atom is 0.306 e. The smallest absolute Gasteiger partial charge is 0.306 e. The summed E-state index contributed by atoms with van der Waals surface area (Å²) < 4.78 is 11.1. The van der Waals surface area contributed by atoms with Crippen molar-refractivity contribution in [2.24, 2.45) is 28.6 Å². The van der Waals surface area contributed by atoms with Crippen molar-refractivity contribution in [1.82, 2.24) is 0 Å². The van der Waals surface area contributed by atoms with Crippen LogP contribution in [0.4, 0.5) is 0 Å². The third kappa shape index (κ3) is 3.36. The lowest BCUT2D eigenvalue weighted by molar-refractivity contribution is -0.192. The number of allylic oxidation sites excluding steroid dienone is 1. The maximum absolute atomic E-state index is 13.5. The van der Waals surface area contributed by atoms with Crippen molar-refractivity contribution < 1.29 is 28.7 Å². The van der Waals surface area contributed by atoms with Crippen molar-refractivity contribution in [3.8, 4) is 0 Å². The van der Waals surface area contributed by atoms with Crippen LogP contribution in [0.25, 0.3) is 0 Å². The Hall–Kier alpha value is -1.98. The van der Waals surface area contributed by atoms with Crippen molar-refractivity contribution in [3.05, 3.63) is 11.6 Å². The van der Waals surface area contributed by atoms with Crippen LogP contribution in [0.2, 0.25) is 0 Å². The van der Waals surface area contributed by atoms with E-state index in [2.05, 4.69) is 13.8 Å². The molecule has 0 aromatic carbocycles. The number of rotatable bonds is 5. The Bertz CT molecular complexity index is 874. The lowest BCUT2D eigenvalue weighted by atomic mass is 9.46. The number of hydrogen-bond donors (Lipinski definition) is 0. The molecule has 0 heterocycles. The summed E-state index contributed by atoms with van der Waals surface area (Å²) >= 11 is 0. The number of esters is 2. The predicted octanol–water partition coefficient (Wildman–Crippen LogP) is 4.34. The van der Waals surface area contributed by atoms with Gasteiger partial charge in [-0.05, 0) is 74.2 Å². The van der Waals surface area contributed by atoms with Crippen molar-refractivity contribution >= 4 is 23.5 Å². The summed E-state index contributed by atoms with van der Waals surface area (Å²) in [7, 11) is 0. The van der Waals surface area contributed by atoms with Gasteiger partial charge in [0, 0.05) is 25.2 Å². The fourth-order valence-electron chi connectivity index (χ4n) is 7.79. The number of fused-ring (bicyclic) bond motifs is 5. The highest BCUT2D eigenvalue weighted by molar-refractivity contribution is 5.93. The minimum absolute atomic E-state index is 0.0469. The van der Waals surface area contributed by atoms with Crippen LogP contribution in [0, 0.1) is 28.6 Å². The molecule has 176 valence electrons. The normalized spacial score (nSPS) is 40.4. The summed E-state index contributed by atoms with van der Waals surface area (Å²) in [6.07, 6.45) is 8.62. The van der Waals surface area contributed by atoms with Crippen LogP contribution in [-0.2, 0) is 28.7 Å². The lowest BCUT2D eigenvalue weighted by Gasteiger charge is -2.59. The summed E-state index contributed by atoms with van der Waals surface area (Å²) in [4.78, 5) is 49.4. The van der Waals surface area contributed by atoms with Gasteiger partial charge >= 0.3 is 11.9 Å². The second kappa shape index (κ2) is 8.11. The van der Waals surface area contributed by atoms with Crippen LogP contribution in [0.3, 0.4) is 0 Å². The van der Waals surface area contributed by atoms with Crippen LogP contribution >= 0.6 is 0 Å². The monoisotopic (exact) mass is 444 g/mol. The summed E-state index contributed by atoms with van der Waals surface area (Å²) in [5, 5.41) is 0. The van der Waals surface area contributed by atoms with Gasteiger partial charge in [0.15, 0.2) is 18.0 Å². The predicted molar refractivity (Wildman–Crippen MR) is 117 cm³/mol. The van der Waals surface area contributed by atoms with Gasteiger partial charge < -0.3 is 9.47 Å². The first-order chi connectivity index (χ1) is 15.1. The zero-order valence-electron chi connectivity index (χ0n) is 19.8. The van der Waals surface area contributed by atoms with Gasteiger partial charge in [-0.1, -0.05) is 26.3 Å². The first kappa shape index (κ1) is 23.2. The zero-order valence-corrected chi connectivity index (χ0v) is 19.8. The average molecular weight is 445 g/mol. The van der Waals surface area contributed by atoms with Gasteiger partial charge in [-0.15, -0.1) is 0 Å². The molecule has 4 rings (SSSR count). The van der Waals surface area contributed by atoms with E-state index in [-0.39, 0.29) is 41.9 Å². The number of carbonyl (C=O) groups is 4. The molecule has 0 amide bonds. The molecule has 6 heteroatoms. The topological polar surface area (TPSA) is 86.7 Å². The van der Waals surface area contributed by atoms with Gasteiger partial charge in [-0.2, -0.15) is 0 Å². The Labute approximate surface area is 190 Å². The lowest BCUT2D eigenvalue weighted by Crippen LogP contribution is -2.60. The fourth-order valence-corrected chi connectivity index (χ4v) is 7.79. The molecule has 6 nitrogen and oxygen atoms in total. The molecule has 0 spiro atoms. The van der Waals surface area contributed by atoms with Gasteiger partial charge in [-0.3, -0.25) is 19.2 Å². The molecule has 4 aliphatic rings. The largest absolute Gasteiger partial charge is 0.458 e. The molecule has 3 fully saturated rings.